The van der Waals surface area contributed by atoms with Crippen LogP contribution < -0.4 is 10.5 Å². The molecule has 0 aliphatic rings. The van der Waals surface area contributed by atoms with E-state index in [1.807, 2.05) is 0 Å². The van der Waals surface area contributed by atoms with Crippen molar-refractivity contribution in [3.8, 4) is 0 Å². The molecule has 0 amide bonds. The van der Waals surface area contributed by atoms with E-state index in [9.17, 15) is 23.3 Å². The minimum Gasteiger partial charge on any atom is -0.408 e. The van der Waals surface area contributed by atoms with Crippen molar-refractivity contribution in [2.75, 3.05) is 4.72 Å². The number of aromatic nitrogens is 1. The number of hydrogen-bond acceptors (Lipinski definition) is 6. The number of non-ortho nitro benzene ring substituents is 1. The minimum atomic E-state index is -4.19. The second-order valence-corrected chi connectivity index (χ2v) is 7.78. The Morgan fingerprint density at radius 1 is 1.30 bits per heavy atom. The highest BCUT2D eigenvalue weighted by molar-refractivity contribution is 7.92. The van der Waals surface area contributed by atoms with Crippen molar-refractivity contribution in [1.29, 1.82) is 0 Å². The van der Waals surface area contributed by atoms with Crippen LogP contribution in [-0.2, 0) is 16.6 Å². The highest BCUT2D eigenvalue weighted by Crippen LogP contribution is 2.30. The summed E-state index contributed by atoms with van der Waals surface area (Å²) in [6, 6.07) is 6.31. The predicted octanol–water partition coefficient (Wildman–Crippen LogP) is 3.29. The molecule has 1 aromatic heterocycles. The molecule has 0 aliphatic carbocycles. The van der Waals surface area contributed by atoms with Gasteiger partial charge in [0.15, 0.2) is 5.58 Å². The van der Waals surface area contributed by atoms with Gasteiger partial charge >= 0.3 is 5.76 Å². The number of rotatable bonds is 5. The summed E-state index contributed by atoms with van der Waals surface area (Å²) in [4.78, 5) is 21.8. The Morgan fingerprint density at radius 3 is 2.63 bits per heavy atom. The van der Waals surface area contributed by atoms with E-state index in [1.54, 1.807) is 13.8 Å². The van der Waals surface area contributed by atoms with Gasteiger partial charge in [-0.05, 0) is 25.5 Å². The fourth-order valence-electron chi connectivity index (χ4n) is 2.60. The van der Waals surface area contributed by atoms with Gasteiger partial charge in [0.1, 0.15) is 4.90 Å². The fraction of sp³-hybridized carbons (Fsp3) is 0.188. The van der Waals surface area contributed by atoms with Crippen molar-refractivity contribution in [2.24, 2.45) is 0 Å². The minimum absolute atomic E-state index is 0.0490. The van der Waals surface area contributed by atoms with Crippen molar-refractivity contribution in [2.45, 2.75) is 25.3 Å². The van der Waals surface area contributed by atoms with Gasteiger partial charge in [-0.25, -0.2) is 13.2 Å². The van der Waals surface area contributed by atoms with Gasteiger partial charge in [-0.1, -0.05) is 17.7 Å². The summed E-state index contributed by atoms with van der Waals surface area (Å²) >= 11 is 6.13. The summed E-state index contributed by atoms with van der Waals surface area (Å²) in [5.41, 5.74) is 0.726. The van der Waals surface area contributed by atoms with E-state index < -0.39 is 20.7 Å². The Morgan fingerprint density at radius 2 is 2.00 bits per heavy atom. The van der Waals surface area contributed by atoms with Crippen LogP contribution in [0.1, 0.15) is 12.5 Å². The molecule has 142 valence electrons. The number of hydrogen-bond donors (Lipinski definition) is 1. The van der Waals surface area contributed by atoms with Crippen LogP contribution in [-0.4, -0.2) is 17.9 Å². The molecular weight excluding hydrogens is 398 g/mol. The molecule has 27 heavy (non-hydrogen) atoms. The number of oxazole rings is 1. The molecule has 0 radical (unpaired) electrons. The third kappa shape index (κ3) is 3.40. The van der Waals surface area contributed by atoms with E-state index in [4.69, 9.17) is 16.0 Å². The fourth-order valence-corrected chi connectivity index (χ4v) is 4.26. The van der Waals surface area contributed by atoms with Gasteiger partial charge < -0.3 is 4.42 Å². The first-order valence-corrected chi connectivity index (χ1v) is 9.61. The van der Waals surface area contributed by atoms with E-state index in [-0.39, 0.29) is 26.9 Å². The maximum atomic E-state index is 12.8. The maximum Gasteiger partial charge on any atom is 0.419 e. The van der Waals surface area contributed by atoms with Gasteiger partial charge in [-0.2, -0.15) is 0 Å². The van der Waals surface area contributed by atoms with Gasteiger partial charge in [-0.15, -0.1) is 0 Å². The number of fused-ring (bicyclic) bond motifs is 1. The Balaban J connectivity index is 2.10. The molecule has 1 N–H and O–H groups in total. The first-order chi connectivity index (χ1) is 12.6. The largest absolute Gasteiger partial charge is 0.419 e. The van der Waals surface area contributed by atoms with E-state index >= 15 is 0 Å². The number of nitrogens with zero attached hydrogens (tertiary/aromatic N) is 2. The molecular formula is C16H14ClN3O6S. The van der Waals surface area contributed by atoms with Crippen LogP contribution in [0.25, 0.3) is 11.1 Å². The zero-order valence-corrected chi connectivity index (χ0v) is 15.8. The molecule has 0 unspecified atom stereocenters. The first kappa shape index (κ1) is 18.9. The zero-order chi connectivity index (χ0) is 19.9. The third-order valence-electron chi connectivity index (χ3n) is 4.00. The highest BCUT2D eigenvalue weighted by atomic mass is 35.5. The number of halogens is 1. The summed E-state index contributed by atoms with van der Waals surface area (Å²) in [5.74, 6) is -0.624. The summed E-state index contributed by atoms with van der Waals surface area (Å²) in [5, 5.41) is 10.8. The standard InChI is InChI=1S/C16H14ClN3O6S/c1-3-19-13-7-11(17)15(8-14(13)26-16(19)21)27(24,25)18-12-6-10(20(22)23)5-4-9(12)2/h4-8,18H,3H2,1-2H3. The molecule has 9 nitrogen and oxygen atoms in total. The summed E-state index contributed by atoms with van der Waals surface area (Å²) in [6.07, 6.45) is 0. The molecule has 3 aromatic rings. The molecule has 1 heterocycles. The quantitative estimate of drug-likeness (QED) is 0.507. The van der Waals surface area contributed by atoms with Gasteiger partial charge in [0.25, 0.3) is 15.7 Å². The van der Waals surface area contributed by atoms with Crippen molar-refractivity contribution < 1.29 is 17.8 Å². The molecule has 0 fully saturated rings. The molecule has 11 heteroatoms. The van der Waals surface area contributed by atoms with Crippen LogP contribution in [0, 0.1) is 17.0 Å². The average molecular weight is 412 g/mol. The summed E-state index contributed by atoms with van der Waals surface area (Å²) in [7, 11) is -4.19. The second-order valence-electron chi connectivity index (χ2n) is 5.72. The van der Waals surface area contributed by atoms with Crippen molar-refractivity contribution >= 4 is 44.1 Å². The number of benzene rings is 2. The third-order valence-corrected chi connectivity index (χ3v) is 5.83. The lowest BCUT2D eigenvalue weighted by Crippen LogP contribution is -2.15. The number of nitro benzene ring substituents is 1. The van der Waals surface area contributed by atoms with Crippen molar-refractivity contribution in [1.82, 2.24) is 4.57 Å². The lowest BCUT2D eigenvalue weighted by molar-refractivity contribution is -0.384. The Hall–Kier alpha value is -2.85. The number of nitrogens with one attached hydrogen (secondary N) is 1. The molecule has 0 aliphatic heterocycles. The SMILES string of the molecule is CCn1c(=O)oc2cc(S(=O)(=O)Nc3cc([N+](=O)[O-])ccc3C)c(Cl)cc21. The highest BCUT2D eigenvalue weighted by Gasteiger charge is 2.23. The van der Waals surface area contributed by atoms with E-state index in [0.29, 0.717) is 17.6 Å². The second kappa shape index (κ2) is 6.71. The number of anilines is 1. The van der Waals surface area contributed by atoms with Crippen LogP contribution >= 0.6 is 11.6 Å². The Labute approximate surface area is 158 Å². The topological polar surface area (TPSA) is 124 Å². The van der Waals surface area contributed by atoms with E-state index in [0.717, 1.165) is 12.1 Å². The molecule has 0 bridgehead atoms. The van der Waals surface area contributed by atoms with E-state index in [2.05, 4.69) is 4.72 Å². The normalized spacial score (nSPS) is 11.7. The maximum absolute atomic E-state index is 12.8. The van der Waals surface area contributed by atoms with Gasteiger partial charge in [0.05, 0.1) is 21.2 Å². The Kier molecular flexibility index (Phi) is 4.70. The first-order valence-electron chi connectivity index (χ1n) is 7.74. The molecule has 0 saturated carbocycles. The molecule has 0 spiro atoms. The number of sulfonamides is 1. The Bertz CT molecular complexity index is 1230. The van der Waals surface area contributed by atoms with Gasteiger partial charge in [-0.3, -0.25) is 19.4 Å². The molecule has 0 atom stereocenters. The van der Waals surface area contributed by atoms with Crippen LogP contribution in [0.15, 0.2) is 44.4 Å². The van der Waals surface area contributed by atoms with Gasteiger partial charge in [0, 0.05) is 24.7 Å². The van der Waals surface area contributed by atoms with Crippen LogP contribution in [0.5, 0.6) is 0 Å². The van der Waals surface area contributed by atoms with Crippen molar-refractivity contribution in [3.05, 3.63) is 61.6 Å². The summed E-state index contributed by atoms with van der Waals surface area (Å²) < 4.78 is 34.2. The monoisotopic (exact) mass is 411 g/mol. The van der Waals surface area contributed by atoms with Crippen LogP contribution in [0.4, 0.5) is 11.4 Å². The average Bonchev–Trinajstić information content (AvgIpc) is 2.89. The lowest BCUT2D eigenvalue weighted by Gasteiger charge is -2.11. The van der Waals surface area contributed by atoms with Gasteiger partial charge in [0.2, 0.25) is 0 Å². The number of nitro groups is 1. The number of aryl methyl sites for hydroxylation is 2. The molecule has 2 aromatic carbocycles. The predicted molar refractivity (Wildman–Crippen MR) is 99.8 cm³/mol. The molecule has 0 saturated heterocycles. The zero-order valence-electron chi connectivity index (χ0n) is 14.2. The van der Waals surface area contributed by atoms with E-state index in [1.165, 1.54) is 22.8 Å². The van der Waals surface area contributed by atoms with Crippen molar-refractivity contribution in [3.63, 3.8) is 0 Å². The van der Waals surface area contributed by atoms with Crippen LogP contribution in [0.2, 0.25) is 5.02 Å². The van der Waals surface area contributed by atoms with Crippen LogP contribution in [0.3, 0.4) is 0 Å². The molecule has 3 rings (SSSR count). The lowest BCUT2D eigenvalue weighted by atomic mass is 10.2. The summed E-state index contributed by atoms with van der Waals surface area (Å²) in [6.45, 7) is 3.67. The smallest absolute Gasteiger partial charge is 0.408 e.